The smallest absolute Gasteiger partial charge is 0.273 e. The van der Waals surface area contributed by atoms with Crippen LogP contribution in [0.2, 0.25) is 0 Å². The lowest BCUT2D eigenvalue weighted by atomic mass is 10.1. The Bertz CT molecular complexity index is 1430. The fraction of sp³-hybridized carbons (Fsp3) is 0.382. The van der Waals surface area contributed by atoms with E-state index in [1.165, 1.54) is 6.42 Å². The number of anilines is 2. The first-order valence-electron chi connectivity index (χ1n) is 15.3. The Kier molecular flexibility index (Phi) is 11.0. The zero-order chi connectivity index (χ0) is 30.7. The Hall–Kier alpha value is -4.25. The number of rotatable bonds is 11. The molecule has 2 aliphatic rings. The minimum atomic E-state index is -0.405. The summed E-state index contributed by atoms with van der Waals surface area (Å²) in [6.07, 6.45) is 5.00. The first-order valence-corrected chi connectivity index (χ1v) is 15.3. The van der Waals surface area contributed by atoms with Gasteiger partial charge in [0.2, 0.25) is 0 Å². The first kappa shape index (κ1) is 31.2. The van der Waals surface area contributed by atoms with E-state index in [1.807, 2.05) is 54.6 Å². The van der Waals surface area contributed by atoms with Crippen molar-refractivity contribution < 1.29 is 19.4 Å². The first-order chi connectivity index (χ1) is 21.5. The molecule has 3 aromatic rings. The predicted molar refractivity (Wildman–Crippen MR) is 174 cm³/mol. The van der Waals surface area contributed by atoms with Crippen LogP contribution in [0.25, 0.3) is 0 Å². The molecule has 0 bridgehead atoms. The van der Waals surface area contributed by atoms with Gasteiger partial charge in [-0.1, -0.05) is 12.1 Å². The van der Waals surface area contributed by atoms with Gasteiger partial charge in [0.15, 0.2) is 0 Å². The Morgan fingerprint density at radius 2 is 1.64 bits per heavy atom. The van der Waals surface area contributed by atoms with Gasteiger partial charge in [0.25, 0.3) is 11.8 Å². The van der Waals surface area contributed by atoms with E-state index in [-0.39, 0.29) is 12.5 Å². The normalized spacial score (nSPS) is 16.2. The van der Waals surface area contributed by atoms with Crippen molar-refractivity contribution in [3.05, 3.63) is 89.0 Å². The van der Waals surface area contributed by atoms with Crippen LogP contribution in [-0.2, 0) is 6.54 Å². The Morgan fingerprint density at radius 3 is 2.36 bits per heavy atom. The highest BCUT2D eigenvalue weighted by molar-refractivity contribution is 6.09. The van der Waals surface area contributed by atoms with Crippen molar-refractivity contribution in [3.63, 3.8) is 0 Å². The van der Waals surface area contributed by atoms with Crippen LogP contribution in [0.5, 0.6) is 5.75 Å². The number of ether oxygens (including phenoxy) is 1. The maximum Gasteiger partial charge on any atom is 0.273 e. The van der Waals surface area contributed by atoms with Crippen molar-refractivity contribution in [2.45, 2.75) is 25.8 Å². The van der Waals surface area contributed by atoms with Gasteiger partial charge in [0.1, 0.15) is 5.75 Å². The van der Waals surface area contributed by atoms with Crippen LogP contribution in [-0.4, -0.2) is 92.5 Å². The van der Waals surface area contributed by atoms with Crippen LogP contribution in [0, 0.1) is 0 Å². The van der Waals surface area contributed by atoms with E-state index < -0.39 is 5.91 Å². The number of amides is 2. The van der Waals surface area contributed by atoms with E-state index in [1.54, 1.807) is 25.5 Å². The summed E-state index contributed by atoms with van der Waals surface area (Å²) in [4.78, 5) is 33.8. The van der Waals surface area contributed by atoms with E-state index in [2.05, 4.69) is 30.5 Å². The molecule has 2 saturated heterocycles. The van der Waals surface area contributed by atoms with Gasteiger partial charge < -0.3 is 20.1 Å². The summed E-state index contributed by atoms with van der Waals surface area (Å²) in [6, 6.07) is 20.6. The molecule has 2 aliphatic heterocycles. The zero-order valence-corrected chi connectivity index (χ0v) is 25.4. The molecule has 0 aromatic heterocycles. The average Bonchev–Trinajstić information content (AvgIpc) is 3.06. The topological polar surface area (TPSA) is 110 Å². The van der Waals surface area contributed by atoms with E-state index in [4.69, 9.17) is 4.74 Å². The molecular weight excluding hydrogens is 556 g/mol. The number of aliphatic hydroxyl groups excluding tert-OH is 1. The molecule has 2 heterocycles. The number of benzene rings is 3. The quantitative estimate of drug-likeness (QED) is 0.228. The fourth-order valence-corrected chi connectivity index (χ4v) is 5.67. The number of methoxy groups -OCH3 is 1. The molecule has 0 unspecified atom stereocenters. The minimum absolute atomic E-state index is 0.179. The minimum Gasteiger partial charge on any atom is -0.497 e. The molecular formula is C34H42N6O4. The summed E-state index contributed by atoms with van der Waals surface area (Å²) in [5.74, 6) is 0.0582. The van der Waals surface area contributed by atoms with Crippen molar-refractivity contribution in [2.24, 2.45) is 5.10 Å². The molecule has 3 N–H and O–H groups in total. The van der Waals surface area contributed by atoms with Crippen LogP contribution in [0.1, 0.15) is 51.1 Å². The van der Waals surface area contributed by atoms with Crippen molar-refractivity contribution in [3.8, 4) is 5.75 Å². The summed E-state index contributed by atoms with van der Waals surface area (Å²) in [5, 5.41) is 16.3. The van der Waals surface area contributed by atoms with Crippen molar-refractivity contribution in [1.82, 2.24) is 15.2 Å². The molecule has 3 aromatic carbocycles. The molecule has 5 rings (SSSR count). The summed E-state index contributed by atoms with van der Waals surface area (Å²) >= 11 is 0. The van der Waals surface area contributed by atoms with Gasteiger partial charge in [-0.3, -0.25) is 19.4 Å². The monoisotopic (exact) mass is 598 g/mol. The third-order valence-electron chi connectivity index (χ3n) is 8.19. The van der Waals surface area contributed by atoms with Crippen molar-refractivity contribution in [1.29, 1.82) is 0 Å². The van der Waals surface area contributed by atoms with Crippen LogP contribution in [0.4, 0.5) is 11.4 Å². The van der Waals surface area contributed by atoms with Crippen LogP contribution in [0.15, 0.2) is 71.8 Å². The Labute approximate surface area is 259 Å². The molecule has 0 saturated carbocycles. The molecule has 10 heteroatoms. The molecule has 232 valence electrons. The standard InChI is InChI=1S/C34H42N6O4/c1-44-30-11-8-26(9-12-30)24-35-37-34(43)31-23-29(40-14-3-2-4-15-40)10-13-32(31)36-33(42)28-7-5-6-27(22-28)25-39-18-16-38(17-19-39)20-21-41/h5-13,22-24,41H,2-4,14-21,25H2,1H3,(H,36,42)(H,37,43)/b35-24+. The molecule has 2 fully saturated rings. The van der Waals surface area contributed by atoms with Gasteiger partial charge in [0.05, 0.1) is 31.2 Å². The van der Waals surface area contributed by atoms with Gasteiger partial charge in [-0.25, -0.2) is 5.43 Å². The van der Waals surface area contributed by atoms with Crippen LogP contribution >= 0.6 is 0 Å². The van der Waals surface area contributed by atoms with Gasteiger partial charge in [0, 0.05) is 63.6 Å². The summed E-state index contributed by atoms with van der Waals surface area (Å²) in [5.41, 5.74) is 6.77. The third kappa shape index (κ3) is 8.43. The lowest BCUT2D eigenvalue weighted by Crippen LogP contribution is -2.46. The van der Waals surface area contributed by atoms with E-state index in [0.717, 1.165) is 81.2 Å². The highest BCUT2D eigenvalue weighted by Crippen LogP contribution is 2.27. The molecule has 10 nitrogen and oxygen atoms in total. The highest BCUT2D eigenvalue weighted by atomic mass is 16.5. The second-order valence-corrected chi connectivity index (χ2v) is 11.2. The molecule has 0 aliphatic carbocycles. The van der Waals surface area contributed by atoms with Crippen molar-refractivity contribution >= 4 is 29.4 Å². The highest BCUT2D eigenvalue weighted by Gasteiger charge is 2.20. The van der Waals surface area contributed by atoms with Gasteiger partial charge in [-0.2, -0.15) is 5.10 Å². The molecule has 0 spiro atoms. The van der Waals surface area contributed by atoms with Crippen LogP contribution < -0.4 is 20.4 Å². The van der Waals surface area contributed by atoms with E-state index in [9.17, 15) is 14.7 Å². The second kappa shape index (κ2) is 15.5. The zero-order valence-electron chi connectivity index (χ0n) is 25.4. The summed E-state index contributed by atoms with van der Waals surface area (Å²) in [7, 11) is 1.61. The Balaban J connectivity index is 1.29. The SMILES string of the molecule is COc1ccc(/C=N/NC(=O)c2cc(N3CCCCC3)ccc2NC(=O)c2cccc(CN3CCN(CCO)CC3)c2)cc1. The average molecular weight is 599 g/mol. The molecule has 2 amide bonds. The summed E-state index contributed by atoms with van der Waals surface area (Å²) < 4.78 is 5.20. The van der Waals surface area contributed by atoms with Gasteiger partial charge in [-0.15, -0.1) is 0 Å². The molecule has 0 atom stereocenters. The number of carbonyl (C=O) groups is 2. The maximum absolute atomic E-state index is 13.4. The van der Waals surface area contributed by atoms with Gasteiger partial charge >= 0.3 is 0 Å². The predicted octanol–water partition coefficient (Wildman–Crippen LogP) is 3.81. The maximum atomic E-state index is 13.4. The Morgan fingerprint density at radius 1 is 0.886 bits per heavy atom. The number of carbonyl (C=O) groups excluding carboxylic acids is 2. The number of aliphatic hydroxyl groups is 1. The number of piperidine rings is 1. The number of β-amino-alcohol motifs (C(OH)–C–C–N with tert-alkyl or cyclic N) is 1. The van der Waals surface area contributed by atoms with Gasteiger partial charge in [-0.05, 0) is 85.0 Å². The second-order valence-electron chi connectivity index (χ2n) is 11.2. The lowest BCUT2D eigenvalue weighted by molar-refractivity contribution is 0.0956. The summed E-state index contributed by atoms with van der Waals surface area (Å²) in [6.45, 7) is 7.18. The number of piperazine rings is 1. The third-order valence-corrected chi connectivity index (χ3v) is 8.19. The molecule has 0 radical (unpaired) electrons. The lowest BCUT2D eigenvalue weighted by Gasteiger charge is -2.34. The largest absolute Gasteiger partial charge is 0.497 e. The van der Waals surface area contributed by atoms with E-state index >= 15 is 0 Å². The van der Waals surface area contributed by atoms with E-state index in [0.29, 0.717) is 23.4 Å². The number of hydrogen-bond acceptors (Lipinski definition) is 8. The number of hydrazone groups is 1. The molecule has 44 heavy (non-hydrogen) atoms. The van der Waals surface area contributed by atoms with Crippen LogP contribution in [0.3, 0.4) is 0 Å². The fourth-order valence-electron chi connectivity index (χ4n) is 5.67. The van der Waals surface area contributed by atoms with Crippen molar-refractivity contribution in [2.75, 3.05) is 69.7 Å². The number of nitrogens with one attached hydrogen (secondary N) is 2. The number of nitrogens with zero attached hydrogens (tertiary/aromatic N) is 4. The number of hydrogen-bond donors (Lipinski definition) is 3.